The molecule has 0 aromatic carbocycles. The molecule has 2 atom stereocenters. The van der Waals surface area contributed by atoms with Gasteiger partial charge < -0.3 is 10.1 Å². The van der Waals surface area contributed by atoms with Gasteiger partial charge in [-0.1, -0.05) is 0 Å². The van der Waals surface area contributed by atoms with Crippen LogP contribution in [0, 0.1) is 12.3 Å². The van der Waals surface area contributed by atoms with Gasteiger partial charge in [0.05, 0.1) is 6.10 Å². The fourth-order valence-electron chi connectivity index (χ4n) is 2.11. The molecule has 0 radical (unpaired) electrons. The first-order valence-electron chi connectivity index (χ1n) is 6.09. The van der Waals surface area contributed by atoms with Crippen LogP contribution in [0.15, 0.2) is 0 Å². The van der Waals surface area contributed by atoms with Crippen molar-refractivity contribution in [2.45, 2.75) is 57.1 Å². The van der Waals surface area contributed by atoms with Gasteiger partial charge in [-0.15, -0.1) is 12.3 Å². The second kappa shape index (κ2) is 7.73. The molecule has 1 aliphatic rings. The molecule has 15 heavy (non-hydrogen) atoms. The largest absolute Gasteiger partial charge is 0.378 e. The minimum atomic E-state index is 0.500. The van der Waals surface area contributed by atoms with Gasteiger partial charge in [0, 0.05) is 19.1 Å². The Morgan fingerprint density at radius 1 is 1.47 bits per heavy atom. The molecule has 0 saturated carbocycles. The number of ether oxygens (including phenoxy) is 1. The topological polar surface area (TPSA) is 21.3 Å². The van der Waals surface area contributed by atoms with E-state index in [1.165, 1.54) is 32.1 Å². The normalized spacial score (nSPS) is 23.3. The van der Waals surface area contributed by atoms with Crippen LogP contribution in [0.2, 0.25) is 0 Å². The highest BCUT2D eigenvalue weighted by Gasteiger charge is 2.15. The van der Waals surface area contributed by atoms with Crippen LogP contribution in [-0.2, 0) is 4.74 Å². The van der Waals surface area contributed by atoms with Gasteiger partial charge in [-0.3, -0.25) is 0 Å². The lowest BCUT2D eigenvalue weighted by Crippen LogP contribution is -2.28. The first-order valence-corrected chi connectivity index (χ1v) is 6.09. The summed E-state index contributed by atoms with van der Waals surface area (Å²) < 4.78 is 5.71. The van der Waals surface area contributed by atoms with E-state index in [0.717, 1.165) is 19.4 Å². The molecule has 1 saturated heterocycles. The molecule has 1 N–H and O–H groups in total. The standard InChI is InChI=1S/C13H23NO/c1-3-4-7-12(14-2)9-10-13-8-5-6-11-15-13/h1,12-14H,4-11H2,2H3. The van der Waals surface area contributed by atoms with Crippen molar-refractivity contribution in [1.29, 1.82) is 0 Å². The molecule has 0 aliphatic carbocycles. The quantitative estimate of drug-likeness (QED) is 0.678. The predicted octanol–water partition coefficient (Wildman–Crippen LogP) is 2.34. The molecule has 2 nitrogen and oxygen atoms in total. The molecular weight excluding hydrogens is 186 g/mol. The van der Waals surface area contributed by atoms with Crippen molar-refractivity contribution in [3.05, 3.63) is 0 Å². The third kappa shape index (κ3) is 5.20. The van der Waals surface area contributed by atoms with Crippen LogP contribution in [0.5, 0.6) is 0 Å². The number of terminal acetylenes is 1. The van der Waals surface area contributed by atoms with Crippen LogP contribution in [-0.4, -0.2) is 25.8 Å². The van der Waals surface area contributed by atoms with Crippen molar-refractivity contribution in [2.75, 3.05) is 13.7 Å². The summed E-state index contributed by atoms with van der Waals surface area (Å²) in [5, 5.41) is 3.33. The average molecular weight is 209 g/mol. The third-order valence-electron chi connectivity index (χ3n) is 3.16. The van der Waals surface area contributed by atoms with Crippen molar-refractivity contribution in [1.82, 2.24) is 5.32 Å². The number of nitrogens with one attached hydrogen (secondary N) is 1. The Morgan fingerprint density at radius 3 is 2.93 bits per heavy atom. The molecule has 1 fully saturated rings. The maximum atomic E-state index is 5.71. The highest BCUT2D eigenvalue weighted by molar-refractivity contribution is 4.85. The van der Waals surface area contributed by atoms with E-state index < -0.39 is 0 Å². The van der Waals surface area contributed by atoms with Crippen LogP contribution in [0.4, 0.5) is 0 Å². The predicted molar refractivity (Wildman–Crippen MR) is 63.7 cm³/mol. The Hall–Kier alpha value is -0.520. The number of hydrogen-bond acceptors (Lipinski definition) is 2. The first-order chi connectivity index (χ1) is 7.36. The minimum Gasteiger partial charge on any atom is -0.378 e. The van der Waals surface area contributed by atoms with Crippen LogP contribution in [0.3, 0.4) is 0 Å². The third-order valence-corrected chi connectivity index (χ3v) is 3.16. The van der Waals surface area contributed by atoms with Gasteiger partial charge in [-0.2, -0.15) is 0 Å². The SMILES string of the molecule is C#CCCC(CCC1CCCCO1)NC. The van der Waals surface area contributed by atoms with E-state index in [1.54, 1.807) is 0 Å². The second-order valence-electron chi connectivity index (χ2n) is 4.29. The average Bonchev–Trinajstić information content (AvgIpc) is 2.31. The molecule has 86 valence electrons. The summed E-state index contributed by atoms with van der Waals surface area (Å²) in [5.41, 5.74) is 0. The fourth-order valence-corrected chi connectivity index (χ4v) is 2.11. The Balaban J connectivity index is 2.12. The molecular formula is C13H23NO. The number of hydrogen-bond donors (Lipinski definition) is 1. The molecule has 2 unspecified atom stereocenters. The highest BCUT2D eigenvalue weighted by Crippen LogP contribution is 2.18. The summed E-state index contributed by atoms with van der Waals surface area (Å²) in [6.07, 6.45) is 13.9. The summed E-state index contributed by atoms with van der Waals surface area (Å²) in [4.78, 5) is 0. The summed E-state index contributed by atoms with van der Waals surface area (Å²) in [7, 11) is 2.02. The summed E-state index contributed by atoms with van der Waals surface area (Å²) in [6.45, 7) is 0.958. The molecule has 0 bridgehead atoms. The maximum Gasteiger partial charge on any atom is 0.0575 e. The van der Waals surface area contributed by atoms with Gasteiger partial charge >= 0.3 is 0 Å². The van der Waals surface area contributed by atoms with Gasteiger partial charge in [0.2, 0.25) is 0 Å². The van der Waals surface area contributed by atoms with Crippen molar-refractivity contribution in [3.8, 4) is 12.3 Å². The zero-order valence-corrected chi connectivity index (χ0v) is 9.80. The Kier molecular flexibility index (Phi) is 6.47. The lowest BCUT2D eigenvalue weighted by Gasteiger charge is -2.24. The summed E-state index contributed by atoms with van der Waals surface area (Å²) >= 11 is 0. The van der Waals surface area contributed by atoms with Crippen molar-refractivity contribution >= 4 is 0 Å². The Bertz CT molecular complexity index is 191. The van der Waals surface area contributed by atoms with Crippen molar-refractivity contribution < 1.29 is 4.74 Å². The lowest BCUT2D eigenvalue weighted by molar-refractivity contribution is 0.00859. The van der Waals surface area contributed by atoms with E-state index in [1.807, 2.05) is 7.05 Å². The summed E-state index contributed by atoms with van der Waals surface area (Å²) in [6, 6.07) is 0.562. The molecule has 0 amide bonds. The minimum absolute atomic E-state index is 0.500. The summed E-state index contributed by atoms with van der Waals surface area (Å²) in [5.74, 6) is 2.70. The molecule has 0 spiro atoms. The van der Waals surface area contributed by atoms with E-state index in [4.69, 9.17) is 11.2 Å². The zero-order valence-electron chi connectivity index (χ0n) is 9.80. The Morgan fingerprint density at radius 2 is 2.33 bits per heavy atom. The maximum absolute atomic E-state index is 5.71. The fraction of sp³-hybridized carbons (Fsp3) is 0.846. The highest BCUT2D eigenvalue weighted by atomic mass is 16.5. The second-order valence-corrected chi connectivity index (χ2v) is 4.29. The molecule has 1 heterocycles. The van der Waals surface area contributed by atoms with Gasteiger partial charge in [0.15, 0.2) is 0 Å². The zero-order chi connectivity index (χ0) is 10.9. The van der Waals surface area contributed by atoms with Crippen LogP contribution >= 0.6 is 0 Å². The molecule has 1 aliphatic heterocycles. The van der Waals surface area contributed by atoms with E-state index in [9.17, 15) is 0 Å². The van der Waals surface area contributed by atoms with E-state index in [-0.39, 0.29) is 0 Å². The van der Waals surface area contributed by atoms with Gasteiger partial charge in [-0.25, -0.2) is 0 Å². The molecule has 2 heteroatoms. The van der Waals surface area contributed by atoms with Crippen LogP contribution in [0.25, 0.3) is 0 Å². The number of rotatable bonds is 6. The lowest BCUT2D eigenvalue weighted by atomic mass is 9.99. The van der Waals surface area contributed by atoms with Crippen molar-refractivity contribution in [2.24, 2.45) is 0 Å². The Labute approximate surface area is 93.8 Å². The van der Waals surface area contributed by atoms with Gasteiger partial charge in [0.1, 0.15) is 0 Å². The molecule has 1 rings (SSSR count). The molecule has 0 aromatic rings. The van der Waals surface area contributed by atoms with Gasteiger partial charge in [-0.05, 0) is 45.6 Å². The first kappa shape index (κ1) is 12.5. The van der Waals surface area contributed by atoms with E-state index >= 15 is 0 Å². The molecule has 0 aromatic heterocycles. The van der Waals surface area contributed by atoms with Crippen LogP contribution in [0.1, 0.15) is 44.9 Å². The van der Waals surface area contributed by atoms with Crippen molar-refractivity contribution in [3.63, 3.8) is 0 Å². The smallest absolute Gasteiger partial charge is 0.0575 e. The monoisotopic (exact) mass is 209 g/mol. The van der Waals surface area contributed by atoms with Crippen LogP contribution < -0.4 is 5.32 Å². The van der Waals surface area contributed by atoms with E-state index in [0.29, 0.717) is 12.1 Å². The van der Waals surface area contributed by atoms with E-state index in [2.05, 4.69) is 11.2 Å². The van der Waals surface area contributed by atoms with Gasteiger partial charge in [0.25, 0.3) is 0 Å².